The van der Waals surface area contributed by atoms with Crippen LogP contribution in [0.1, 0.15) is 16.7 Å². The lowest BCUT2D eigenvalue weighted by Crippen LogP contribution is -2.18. The first kappa shape index (κ1) is 15.5. The second-order valence-corrected chi connectivity index (χ2v) is 5.08. The molecule has 0 bridgehead atoms. The second-order valence-electron chi connectivity index (χ2n) is 5.08. The van der Waals surface area contributed by atoms with Crippen LogP contribution in [-0.2, 0) is 11.3 Å². The summed E-state index contributed by atoms with van der Waals surface area (Å²) in [7, 11) is 1.71. The summed E-state index contributed by atoms with van der Waals surface area (Å²) in [4.78, 5) is 0. The van der Waals surface area contributed by atoms with E-state index in [1.165, 1.54) is 11.1 Å². The first-order valence-corrected chi connectivity index (χ1v) is 7.24. The van der Waals surface area contributed by atoms with Gasteiger partial charge in [0.25, 0.3) is 0 Å². The summed E-state index contributed by atoms with van der Waals surface area (Å²) < 4.78 is 11.1. The lowest BCUT2D eigenvalue weighted by molar-refractivity contribution is 0.199. The molecular weight excluding hydrogens is 262 g/mol. The van der Waals surface area contributed by atoms with Crippen molar-refractivity contribution < 1.29 is 9.47 Å². The van der Waals surface area contributed by atoms with Crippen molar-refractivity contribution in [2.75, 3.05) is 20.3 Å². The standard InChI is InChI=1S/C18H23NO2/c1-14-7-6-10-17(15(14)2)21-18-9-5-4-8-16(18)13-19-11-12-20-3/h4-10,19H,11-13H2,1-3H3. The maximum absolute atomic E-state index is 6.11. The molecule has 3 nitrogen and oxygen atoms in total. The molecule has 21 heavy (non-hydrogen) atoms. The molecule has 2 rings (SSSR count). The molecule has 0 aliphatic heterocycles. The predicted molar refractivity (Wildman–Crippen MR) is 86.0 cm³/mol. The van der Waals surface area contributed by atoms with Gasteiger partial charge in [0.2, 0.25) is 0 Å². The summed E-state index contributed by atoms with van der Waals surface area (Å²) in [5.41, 5.74) is 3.57. The third kappa shape index (κ3) is 4.31. The van der Waals surface area contributed by atoms with E-state index in [2.05, 4.69) is 31.3 Å². The van der Waals surface area contributed by atoms with Crippen LogP contribution < -0.4 is 10.1 Å². The average Bonchev–Trinajstić information content (AvgIpc) is 2.50. The topological polar surface area (TPSA) is 30.5 Å². The van der Waals surface area contributed by atoms with Crippen molar-refractivity contribution >= 4 is 0 Å². The Balaban J connectivity index is 2.11. The molecule has 2 aromatic carbocycles. The highest BCUT2D eigenvalue weighted by Gasteiger charge is 2.07. The Morgan fingerprint density at radius 2 is 1.71 bits per heavy atom. The largest absolute Gasteiger partial charge is 0.457 e. The first-order chi connectivity index (χ1) is 10.2. The molecule has 3 heteroatoms. The molecule has 0 amide bonds. The average molecular weight is 285 g/mol. The fourth-order valence-electron chi connectivity index (χ4n) is 2.10. The van der Waals surface area contributed by atoms with Gasteiger partial charge in [-0.25, -0.2) is 0 Å². The highest BCUT2D eigenvalue weighted by atomic mass is 16.5. The van der Waals surface area contributed by atoms with Gasteiger partial charge in [0, 0.05) is 25.8 Å². The Bertz CT molecular complexity index is 581. The molecule has 2 aromatic rings. The van der Waals surface area contributed by atoms with Gasteiger partial charge in [-0.2, -0.15) is 0 Å². The van der Waals surface area contributed by atoms with Gasteiger partial charge in [0.1, 0.15) is 11.5 Å². The molecule has 0 saturated carbocycles. The van der Waals surface area contributed by atoms with Crippen molar-refractivity contribution in [2.24, 2.45) is 0 Å². The Kier molecular flexibility index (Phi) is 5.78. The van der Waals surface area contributed by atoms with E-state index in [0.717, 1.165) is 30.2 Å². The van der Waals surface area contributed by atoms with Crippen LogP contribution in [0.15, 0.2) is 42.5 Å². The van der Waals surface area contributed by atoms with Crippen molar-refractivity contribution in [3.63, 3.8) is 0 Å². The lowest BCUT2D eigenvalue weighted by atomic mass is 10.1. The second kappa shape index (κ2) is 7.81. The van der Waals surface area contributed by atoms with Gasteiger partial charge in [-0.15, -0.1) is 0 Å². The molecule has 0 atom stereocenters. The summed E-state index contributed by atoms with van der Waals surface area (Å²) in [6, 6.07) is 14.3. The number of benzene rings is 2. The van der Waals surface area contributed by atoms with Crippen LogP contribution in [0.2, 0.25) is 0 Å². The molecule has 0 spiro atoms. The van der Waals surface area contributed by atoms with Gasteiger partial charge in [-0.3, -0.25) is 0 Å². The monoisotopic (exact) mass is 285 g/mol. The predicted octanol–water partition coefficient (Wildman–Crippen LogP) is 3.83. The summed E-state index contributed by atoms with van der Waals surface area (Å²) in [6.45, 7) is 6.49. The number of rotatable bonds is 7. The summed E-state index contributed by atoms with van der Waals surface area (Å²) >= 11 is 0. The van der Waals surface area contributed by atoms with E-state index >= 15 is 0 Å². The molecular formula is C18H23NO2. The van der Waals surface area contributed by atoms with Gasteiger partial charge in [0.05, 0.1) is 6.61 Å². The van der Waals surface area contributed by atoms with Gasteiger partial charge < -0.3 is 14.8 Å². The van der Waals surface area contributed by atoms with Crippen molar-refractivity contribution in [3.05, 3.63) is 59.2 Å². The maximum atomic E-state index is 6.11. The Morgan fingerprint density at radius 1 is 0.952 bits per heavy atom. The Morgan fingerprint density at radius 3 is 2.52 bits per heavy atom. The molecule has 0 heterocycles. The van der Waals surface area contributed by atoms with Gasteiger partial charge in [-0.1, -0.05) is 30.3 Å². The molecule has 0 saturated heterocycles. The number of hydrogen-bond acceptors (Lipinski definition) is 3. The third-order valence-electron chi connectivity index (χ3n) is 3.55. The lowest BCUT2D eigenvalue weighted by Gasteiger charge is -2.14. The van der Waals surface area contributed by atoms with Crippen LogP contribution in [0.5, 0.6) is 11.5 Å². The van der Waals surface area contributed by atoms with E-state index in [4.69, 9.17) is 9.47 Å². The van der Waals surface area contributed by atoms with E-state index in [1.807, 2.05) is 30.3 Å². The highest BCUT2D eigenvalue weighted by molar-refractivity contribution is 5.43. The Labute approximate surface area is 126 Å². The van der Waals surface area contributed by atoms with Crippen LogP contribution in [0.3, 0.4) is 0 Å². The number of methoxy groups -OCH3 is 1. The SMILES string of the molecule is COCCNCc1ccccc1Oc1cccc(C)c1C. The molecule has 0 radical (unpaired) electrons. The van der Waals surface area contributed by atoms with E-state index in [0.29, 0.717) is 6.61 Å². The van der Waals surface area contributed by atoms with E-state index in [1.54, 1.807) is 7.11 Å². The molecule has 0 fully saturated rings. The fraction of sp³-hybridized carbons (Fsp3) is 0.333. The summed E-state index contributed by atoms with van der Waals surface area (Å²) in [5, 5.41) is 3.35. The molecule has 112 valence electrons. The van der Waals surface area contributed by atoms with E-state index in [9.17, 15) is 0 Å². The highest BCUT2D eigenvalue weighted by Crippen LogP contribution is 2.29. The first-order valence-electron chi connectivity index (χ1n) is 7.24. The van der Waals surface area contributed by atoms with Crippen molar-refractivity contribution in [1.29, 1.82) is 0 Å². The summed E-state index contributed by atoms with van der Waals surface area (Å²) in [6.07, 6.45) is 0. The number of para-hydroxylation sites is 1. The zero-order valence-corrected chi connectivity index (χ0v) is 13.0. The molecule has 0 aliphatic carbocycles. The minimum absolute atomic E-state index is 0.708. The number of hydrogen-bond donors (Lipinski definition) is 1. The molecule has 0 aromatic heterocycles. The number of ether oxygens (including phenoxy) is 2. The van der Waals surface area contributed by atoms with Gasteiger partial charge in [0.15, 0.2) is 0 Å². The van der Waals surface area contributed by atoms with Crippen molar-refractivity contribution in [1.82, 2.24) is 5.32 Å². The minimum Gasteiger partial charge on any atom is -0.457 e. The quantitative estimate of drug-likeness (QED) is 0.784. The van der Waals surface area contributed by atoms with Crippen LogP contribution >= 0.6 is 0 Å². The number of aryl methyl sites for hydroxylation is 1. The molecule has 0 unspecified atom stereocenters. The molecule has 1 N–H and O–H groups in total. The third-order valence-corrected chi connectivity index (χ3v) is 3.55. The van der Waals surface area contributed by atoms with Crippen LogP contribution in [0.4, 0.5) is 0 Å². The Hall–Kier alpha value is -1.84. The van der Waals surface area contributed by atoms with E-state index < -0.39 is 0 Å². The van der Waals surface area contributed by atoms with E-state index in [-0.39, 0.29) is 0 Å². The van der Waals surface area contributed by atoms with Crippen molar-refractivity contribution in [2.45, 2.75) is 20.4 Å². The summed E-state index contributed by atoms with van der Waals surface area (Å²) in [5.74, 6) is 1.82. The maximum Gasteiger partial charge on any atom is 0.131 e. The molecule has 0 aliphatic rings. The number of nitrogens with one attached hydrogen (secondary N) is 1. The van der Waals surface area contributed by atoms with Crippen molar-refractivity contribution in [3.8, 4) is 11.5 Å². The smallest absolute Gasteiger partial charge is 0.131 e. The van der Waals surface area contributed by atoms with Gasteiger partial charge >= 0.3 is 0 Å². The van der Waals surface area contributed by atoms with Crippen LogP contribution in [0, 0.1) is 13.8 Å². The fourth-order valence-corrected chi connectivity index (χ4v) is 2.10. The zero-order chi connectivity index (χ0) is 15.1. The van der Waals surface area contributed by atoms with Crippen LogP contribution in [0.25, 0.3) is 0 Å². The van der Waals surface area contributed by atoms with Crippen LogP contribution in [-0.4, -0.2) is 20.3 Å². The normalized spacial score (nSPS) is 10.6. The minimum atomic E-state index is 0.708. The zero-order valence-electron chi connectivity index (χ0n) is 13.0. The van der Waals surface area contributed by atoms with Gasteiger partial charge in [-0.05, 0) is 37.1 Å².